The first-order valence-electron chi connectivity index (χ1n) is 5.18. The smallest absolute Gasteiger partial charge is 0.435 e. The molecule has 2 rings (SSSR count). The van der Waals surface area contributed by atoms with Crippen LogP contribution in [0.2, 0.25) is 0 Å². The quantitative estimate of drug-likeness (QED) is 0.606. The molecular weight excluding hydrogens is 254 g/mol. The topological polar surface area (TPSA) is 29.5 Å². The maximum absolute atomic E-state index is 12.7. The van der Waals surface area contributed by atoms with E-state index in [1.807, 2.05) is 0 Å². The summed E-state index contributed by atoms with van der Waals surface area (Å²) in [6.45, 7) is 0.460. The van der Waals surface area contributed by atoms with E-state index in [9.17, 15) is 22.4 Å². The van der Waals surface area contributed by atoms with E-state index in [0.29, 0.717) is 18.7 Å². The molecule has 1 aromatic rings. The van der Waals surface area contributed by atoms with E-state index < -0.39 is 24.2 Å². The molecule has 1 saturated heterocycles. The molecule has 0 radical (unpaired) electrons. The van der Waals surface area contributed by atoms with E-state index in [-0.39, 0.29) is 0 Å². The maximum atomic E-state index is 12.7. The molecule has 18 heavy (non-hydrogen) atoms. The summed E-state index contributed by atoms with van der Waals surface area (Å²) in [7, 11) is 0. The third-order valence-corrected chi connectivity index (χ3v) is 2.60. The molecule has 1 unspecified atom stereocenters. The number of hydrogen-bond acceptors (Lipinski definition) is 3. The predicted molar refractivity (Wildman–Crippen MR) is 54.3 cm³/mol. The molecule has 0 saturated carbocycles. The second-order valence-corrected chi connectivity index (χ2v) is 3.82. The van der Waals surface area contributed by atoms with Gasteiger partial charge < -0.3 is 9.64 Å². The summed E-state index contributed by atoms with van der Waals surface area (Å²) in [4.78, 5) is 12.1. The van der Waals surface area contributed by atoms with Crippen LogP contribution >= 0.6 is 0 Å². The number of ether oxygens (including phenoxy) is 1. The van der Waals surface area contributed by atoms with Gasteiger partial charge in [-0.15, -0.1) is 0 Å². The fraction of sp³-hybridized carbons (Fsp3) is 0.364. The fourth-order valence-electron chi connectivity index (χ4n) is 1.60. The standard InChI is InChI=1S/C11H9F4NO2/c12-7-1-3-8(4-2-7)16-6-5-9(16)18-10(17)11(13,14)15/h1-4,9H,5-6H2. The molecule has 1 aromatic carbocycles. The lowest BCUT2D eigenvalue weighted by molar-refractivity contribution is -0.207. The minimum Gasteiger partial charge on any atom is -0.435 e. The first kappa shape index (κ1) is 12.7. The summed E-state index contributed by atoms with van der Waals surface area (Å²) in [6, 6.07) is 5.22. The van der Waals surface area contributed by atoms with E-state index in [4.69, 9.17) is 0 Å². The second-order valence-electron chi connectivity index (χ2n) is 3.82. The van der Waals surface area contributed by atoms with Gasteiger partial charge in [0.2, 0.25) is 0 Å². The molecule has 3 nitrogen and oxygen atoms in total. The Hall–Kier alpha value is -1.79. The lowest BCUT2D eigenvalue weighted by Gasteiger charge is -2.41. The van der Waals surface area contributed by atoms with E-state index in [1.165, 1.54) is 29.2 Å². The molecule has 98 valence electrons. The Kier molecular flexibility index (Phi) is 3.14. The summed E-state index contributed by atoms with van der Waals surface area (Å²) < 4.78 is 53.0. The van der Waals surface area contributed by atoms with Gasteiger partial charge in [0.25, 0.3) is 0 Å². The Balaban J connectivity index is 2.00. The third kappa shape index (κ3) is 2.55. The molecule has 1 aliphatic rings. The van der Waals surface area contributed by atoms with Gasteiger partial charge in [-0.2, -0.15) is 13.2 Å². The minimum atomic E-state index is -5.00. The van der Waals surface area contributed by atoms with Crippen molar-refractivity contribution in [1.29, 1.82) is 0 Å². The molecule has 0 N–H and O–H groups in total. The third-order valence-electron chi connectivity index (χ3n) is 2.60. The zero-order valence-electron chi connectivity index (χ0n) is 9.08. The van der Waals surface area contributed by atoms with Crippen molar-refractivity contribution < 1.29 is 27.1 Å². The molecule has 0 amide bonds. The Morgan fingerprint density at radius 1 is 1.28 bits per heavy atom. The highest BCUT2D eigenvalue weighted by atomic mass is 19.4. The highest BCUT2D eigenvalue weighted by Crippen LogP contribution is 2.29. The van der Waals surface area contributed by atoms with Gasteiger partial charge in [0.1, 0.15) is 5.82 Å². The number of halogens is 4. The number of carbonyl (C=O) groups excluding carboxylic acids is 1. The van der Waals surface area contributed by atoms with Crippen LogP contribution in [-0.4, -0.2) is 24.9 Å². The molecule has 1 heterocycles. The van der Waals surface area contributed by atoms with E-state index in [1.54, 1.807) is 0 Å². The SMILES string of the molecule is O=C(OC1CCN1c1ccc(F)cc1)C(F)(F)F. The van der Waals surface area contributed by atoms with E-state index in [2.05, 4.69) is 4.74 Å². The summed E-state index contributed by atoms with van der Waals surface area (Å²) in [5, 5.41) is 0. The zero-order valence-corrected chi connectivity index (χ0v) is 9.08. The average molecular weight is 263 g/mol. The van der Waals surface area contributed by atoms with Gasteiger partial charge in [0, 0.05) is 18.7 Å². The first-order valence-corrected chi connectivity index (χ1v) is 5.18. The van der Waals surface area contributed by atoms with Gasteiger partial charge in [-0.1, -0.05) is 0 Å². The van der Waals surface area contributed by atoms with Crippen molar-refractivity contribution >= 4 is 11.7 Å². The lowest BCUT2D eigenvalue weighted by Crippen LogP contribution is -2.51. The van der Waals surface area contributed by atoms with Crippen molar-refractivity contribution in [1.82, 2.24) is 0 Å². The van der Waals surface area contributed by atoms with Gasteiger partial charge in [-0.3, -0.25) is 0 Å². The monoisotopic (exact) mass is 263 g/mol. The van der Waals surface area contributed by atoms with Crippen LogP contribution in [-0.2, 0) is 9.53 Å². The Morgan fingerprint density at radius 2 is 1.89 bits per heavy atom. The van der Waals surface area contributed by atoms with Crippen molar-refractivity contribution in [2.45, 2.75) is 18.8 Å². The van der Waals surface area contributed by atoms with Crippen molar-refractivity contribution in [3.8, 4) is 0 Å². The molecule has 0 bridgehead atoms. The van der Waals surface area contributed by atoms with Crippen LogP contribution in [0.25, 0.3) is 0 Å². The number of rotatable bonds is 2. The normalized spacial score (nSPS) is 19.3. The molecule has 1 fully saturated rings. The minimum absolute atomic E-state index is 0.319. The number of anilines is 1. The van der Waals surface area contributed by atoms with Gasteiger partial charge in [-0.05, 0) is 24.3 Å². The van der Waals surface area contributed by atoms with Gasteiger partial charge in [0.05, 0.1) is 0 Å². The lowest BCUT2D eigenvalue weighted by atomic mass is 10.1. The Bertz CT molecular complexity index is 443. The molecular formula is C11H9F4NO2. The van der Waals surface area contributed by atoms with Gasteiger partial charge >= 0.3 is 12.1 Å². The Morgan fingerprint density at radius 3 is 2.33 bits per heavy atom. The number of esters is 1. The van der Waals surface area contributed by atoms with Crippen LogP contribution in [0, 0.1) is 5.82 Å². The molecule has 7 heteroatoms. The van der Waals surface area contributed by atoms with Crippen molar-refractivity contribution in [3.05, 3.63) is 30.1 Å². The number of nitrogens with zero attached hydrogens (tertiary/aromatic N) is 1. The van der Waals surface area contributed by atoms with Crippen LogP contribution in [0.4, 0.5) is 23.2 Å². The number of hydrogen-bond donors (Lipinski definition) is 0. The Labute approximate surface area is 99.9 Å². The number of alkyl halides is 3. The second kappa shape index (κ2) is 4.47. The first-order chi connectivity index (χ1) is 8.38. The van der Waals surface area contributed by atoms with Crippen LogP contribution < -0.4 is 4.90 Å². The van der Waals surface area contributed by atoms with Crippen LogP contribution in [0.1, 0.15) is 6.42 Å². The molecule has 1 atom stereocenters. The van der Waals surface area contributed by atoms with Crippen LogP contribution in [0.15, 0.2) is 24.3 Å². The van der Waals surface area contributed by atoms with E-state index in [0.717, 1.165) is 0 Å². The summed E-state index contributed by atoms with van der Waals surface area (Å²) in [5.41, 5.74) is 0.516. The largest absolute Gasteiger partial charge is 0.491 e. The summed E-state index contributed by atoms with van der Waals surface area (Å²) in [6.07, 6.45) is -5.62. The maximum Gasteiger partial charge on any atom is 0.491 e. The highest BCUT2D eigenvalue weighted by molar-refractivity contribution is 5.76. The van der Waals surface area contributed by atoms with Crippen molar-refractivity contribution in [2.24, 2.45) is 0 Å². The predicted octanol–water partition coefficient (Wildman–Crippen LogP) is 2.47. The molecule has 1 aliphatic heterocycles. The van der Waals surface area contributed by atoms with Gasteiger partial charge in [-0.25, -0.2) is 9.18 Å². The number of carbonyl (C=O) groups is 1. The molecule has 0 spiro atoms. The van der Waals surface area contributed by atoms with Crippen molar-refractivity contribution in [3.63, 3.8) is 0 Å². The van der Waals surface area contributed by atoms with Crippen LogP contribution in [0.3, 0.4) is 0 Å². The fourth-order valence-corrected chi connectivity index (χ4v) is 1.60. The highest BCUT2D eigenvalue weighted by Gasteiger charge is 2.44. The molecule has 0 aliphatic carbocycles. The molecule has 0 aromatic heterocycles. The van der Waals surface area contributed by atoms with Gasteiger partial charge in [0.15, 0.2) is 6.23 Å². The van der Waals surface area contributed by atoms with E-state index >= 15 is 0 Å². The summed E-state index contributed by atoms with van der Waals surface area (Å²) in [5.74, 6) is -2.65. The van der Waals surface area contributed by atoms with Crippen molar-refractivity contribution in [2.75, 3.05) is 11.4 Å². The number of benzene rings is 1. The van der Waals surface area contributed by atoms with Crippen LogP contribution in [0.5, 0.6) is 0 Å². The zero-order chi connectivity index (χ0) is 13.3. The summed E-state index contributed by atoms with van der Waals surface area (Å²) >= 11 is 0. The average Bonchev–Trinajstić information content (AvgIpc) is 2.26.